The molecule has 2 aromatic rings. The van der Waals surface area contributed by atoms with Crippen molar-refractivity contribution in [2.24, 2.45) is 0 Å². The number of hydrogen-bond donors (Lipinski definition) is 2. The second-order valence-corrected chi connectivity index (χ2v) is 4.44. The third-order valence-electron chi connectivity index (χ3n) is 2.77. The number of benzene rings is 1. The van der Waals surface area contributed by atoms with Gasteiger partial charge in [-0.1, -0.05) is 30.3 Å². The summed E-state index contributed by atoms with van der Waals surface area (Å²) in [5.74, 6) is 0.360. The van der Waals surface area contributed by atoms with Gasteiger partial charge in [0.15, 0.2) is 0 Å². The van der Waals surface area contributed by atoms with E-state index in [2.05, 4.69) is 5.32 Å². The van der Waals surface area contributed by atoms with Gasteiger partial charge in [-0.15, -0.1) is 0 Å². The van der Waals surface area contributed by atoms with Crippen LogP contribution in [0.3, 0.4) is 0 Å². The van der Waals surface area contributed by atoms with Crippen LogP contribution >= 0.6 is 0 Å². The van der Waals surface area contributed by atoms with Crippen molar-refractivity contribution in [1.29, 1.82) is 0 Å². The number of aliphatic hydroxyl groups excluding tert-OH is 1. The maximum absolute atomic E-state index is 11.5. The molecule has 104 valence electrons. The van der Waals surface area contributed by atoms with Gasteiger partial charge in [0.25, 0.3) is 0 Å². The van der Waals surface area contributed by atoms with Crippen LogP contribution in [-0.2, 0) is 11.2 Å². The summed E-state index contributed by atoms with van der Waals surface area (Å²) in [6.45, 7) is 0.218. The summed E-state index contributed by atoms with van der Waals surface area (Å²) in [4.78, 5) is 11.5. The highest BCUT2D eigenvalue weighted by Gasteiger charge is 2.06. The smallest absolute Gasteiger partial charge is 0.244 e. The number of furan rings is 1. The van der Waals surface area contributed by atoms with Crippen LogP contribution in [0.5, 0.6) is 0 Å². The van der Waals surface area contributed by atoms with Gasteiger partial charge in [-0.05, 0) is 23.8 Å². The average Bonchev–Trinajstić information content (AvgIpc) is 2.97. The van der Waals surface area contributed by atoms with E-state index in [9.17, 15) is 9.90 Å². The first-order chi connectivity index (χ1) is 9.74. The van der Waals surface area contributed by atoms with Crippen molar-refractivity contribution in [3.8, 4) is 0 Å². The molecule has 4 nitrogen and oxygen atoms in total. The molecule has 0 aliphatic carbocycles. The quantitative estimate of drug-likeness (QED) is 0.790. The maximum atomic E-state index is 11.5. The number of nitrogens with one attached hydrogen (secondary N) is 1. The third-order valence-corrected chi connectivity index (χ3v) is 2.77. The van der Waals surface area contributed by atoms with Crippen LogP contribution in [0.4, 0.5) is 0 Å². The number of hydrogen-bond acceptors (Lipinski definition) is 3. The molecule has 0 unspecified atom stereocenters. The molecule has 0 bridgehead atoms. The fraction of sp³-hybridized carbons (Fsp3) is 0.188. The third kappa shape index (κ3) is 4.74. The fourth-order valence-electron chi connectivity index (χ4n) is 1.78. The minimum atomic E-state index is -0.599. The molecule has 4 heteroatoms. The van der Waals surface area contributed by atoms with Crippen molar-refractivity contribution in [2.45, 2.75) is 12.5 Å². The lowest BCUT2D eigenvalue weighted by molar-refractivity contribution is -0.116. The van der Waals surface area contributed by atoms with E-state index in [0.717, 1.165) is 5.56 Å². The van der Waals surface area contributed by atoms with Crippen LogP contribution in [0, 0.1) is 0 Å². The van der Waals surface area contributed by atoms with Crippen molar-refractivity contribution in [3.63, 3.8) is 0 Å². The Morgan fingerprint density at radius 2 is 2.05 bits per heavy atom. The van der Waals surface area contributed by atoms with Crippen LogP contribution in [-0.4, -0.2) is 23.7 Å². The normalized spacial score (nSPS) is 12.4. The van der Waals surface area contributed by atoms with Crippen molar-refractivity contribution in [2.75, 3.05) is 6.54 Å². The summed E-state index contributed by atoms with van der Waals surface area (Å²) in [5, 5.41) is 12.5. The molecule has 1 atom stereocenters. The van der Waals surface area contributed by atoms with Crippen LogP contribution in [0.25, 0.3) is 6.08 Å². The molecule has 1 amide bonds. The standard InChI is InChI=1S/C16H17NO3/c18-14(11-13-5-2-1-3-6-13)12-17-16(19)9-8-15-7-4-10-20-15/h1-10,14,18H,11-12H2,(H,17,19)/b9-8+/t14-/m0/s1. The first-order valence-electron chi connectivity index (χ1n) is 6.45. The molecule has 1 aromatic heterocycles. The number of carbonyl (C=O) groups excluding carboxylic acids is 1. The van der Waals surface area contributed by atoms with Gasteiger partial charge in [-0.3, -0.25) is 4.79 Å². The predicted molar refractivity (Wildman–Crippen MR) is 76.9 cm³/mol. The van der Waals surface area contributed by atoms with Crippen LogP contribution in [0.15, 0.2) is 59.2 Å². The summed E-state index contributed by atoms with van der Waals surface area (Å²) in [6.07, 6.45) is 4.43. The molecule has 2 rings (SSSR count). The van der Waals surface area contributed by atoms with Gasteiger partial charge in [-0.25, -0.2) is 0 Å². The molecular weight excluding hydrogens is 254 g/mol. The lowest BCUT2D eigenvalue weighted by Crippen LogP contribution is -2.32. The van der Waals surface area contributed by atoms with Gasteiger partial charge in [-0.2, -0.15) is 0 Å². The Morgan fingerprint density at radius 1 is 1.25 bits per heavy atom. The number of amides is 1. The van der Waals surface area contributed by atoms with Crippen molar-refractivity contribution in [3.05, 3.63) is 66.1 Å². The average molecular weight is 271 g/mol. The molecule has 0 saturated carbocycles. The Balaban J connectivity index is 1.73. The highest BCUT2D eigenvalue weighted by Crippen LogP contribution is 2.03. The van der Waals surface area contributed by atoms with Gasteiger partial charge in [0, 0.05) is 19.0 Å². The molecular formula is C16H17NO3. The van der Waals surface area contributed by atoms with Crippen molar-refractivity contribution in [1.82, 2.24) is 5.32 Å². The van der Waals surface area contributed by atoms with E-state index in [4.69, 9.17) is 4.42 Å². The van der Waals surface area contributed by atoms with Crippen LogP contribution < -0.4 is 5.32 Å². The minimum Gasteiger partial charge on any atom is -0.465 e. The topological polar surface area (TPSA) is 62.5 Å². The molecule has 1 heterocycles. The summed E-state index contributed by atoms with van der Waals surface area (Å²) >= 11 is 0. The monoisotopic (exact) mass is 271 g/mol. The van der Waals surface area contributed by atoms with E-state index in [1.54, 1.807) is 24.5 Å². The largest absolute Gasteiger partial charge is 0.465 e. The molecule has 0 aliphatic heterocycles. The van der Waals surface area contributed by atoms with Gasteiger partial charge in [0.2, 0.25) is 5.91 Å². The molecule has 20 heavy (non-hydrogen) atoms. The Bertz CT molecular complexity index is 546. The Hall–Kier alpha value is -2.33. The van der Waals surface area contributed by atoms with Gasteiger partial charge < -0.3 is 14.8 Å². The lowest BCUT2D eigenvalue weighted by Gasteiger charge is -2.10. The molecule has 0 fully saturated rings. The number of rotatable bonds is 6. The molecule has 0 aliphatic rings. The van der Waals surface area contributed by atoms with Crippen LogP contribution in [0.2, 0.25) is 0 Å². The minimum absolute atomic E-state index is 0.218. The highest BCUT2D eigenvalue weighted by atomic mass is 16.3. The summed E-state index contributed by atoms with van der Waals surface area (Å²) in [6, 6.07) is 13.2. The molecule has 0 saturated heterocycles. The number of aliphatic hydroxyl groups is 1. The summed E-state index contributed by atoms with van der Waals surface area (Å²) in [5.41, 5.74) is 1.04. The van der Waals surface area contributed by atoms with Crippen molar-refractivity contribution < 1.29 is 14.3 Å². The van der Waals surface area contributed by atoms with E-state index >= 15 is 0 Å². The van der Waals surface area contributed by atoms with E-state index in [0.29, 0.717) is 12.2 Å². The lowest BCUT2D eigenvalue weighted by atomic mass is 10.1. The predicted octanol–water partition coefficient (Wildman–Crippen LogP) is 2.01. The van der Waals surface area contributed by atoms with Crippen LogP contribution in [0.1, 0.15) is 11.3 Å². The highest BCUT2D eigenvalue weighted by molar-refractivity contribution is 5.91. The fourth-order valence-corrected chi connectivity index (χ4v) is 1.78. The SMILES string of the molecule is O=C(/C=C/c1ccco1)NC[C@@H](O)Cc1ccccc1. The summed E-state index contributed by atoms with van der Waals surface area (Å²) < 4.78 is 5.07. The molecule has 2 N–H and O–H groups in total. The Labute approximate surface area is 117 Å². The zero-order chi connectivity index (χ0) is 14.2. The summed E-state index contributed by atoms with van der Waals surface area (Å²) in [7, 11) is 0. The van der Waals surface area contributed by atoms with E-state index in [-0.39, 0.29) is 12.5 Å². The second-order valence-electron chi connectivity index (χ2n) is 4.44. The first kappa shape index (κ1) is 14.1. The second kappa shape index (κ2) is 7.31. The first-order valence-corrected chi connectivity index (χ1v) is 6.45. The zero-order valence-electron chi connectivity index (χ0n) is 11.0. The van der Waals surface area contributed by atoms with Crippen molar-refractivity contribution >= 4 is 12.0 Å². The van der Waals surface area contributed by atoms with E-state index < -0.39 is 6.10 Å². The van der Waals surface area contributed by atoms with Gasteiger partial charge in [0.1, 0.15) is 5.76 Å². The Kier molecular flexibility index (Phi) is 5.15. The number of carbonyl (C=O) groups is 1. The van der Waals surface area contributed by atoms with Gasteiger partial charge >= 0.3 is 0 Å². The molecule has 0 radical (unpaired) electrons. The van der Waals surface area contributed by atoms with E-state index in [1.807, 2.05) is 30.3 Å². The Morgan fingerprint density at radius 3 is 2.75 bits per heavy atom. The molecule has 1 aromatic carbocycles. The van der Waals surface area contributed by atoms with Gasteiger partial charge in [0.05, 0.1) is 12.4 Å². The van der Waals surface area contributed by atoms with E-state index in [1.165, 1.54) is 6.08 Å². The molecule has 0 spiro atoms. The maximum Gasteiger partial charge on any atom is 0.244 e. The zero-order valence-corrected chi connectivity index (χ0v) is 11.0.